The van der Waals surface area contributed by atoms with Crippen molar-refractivity contribution in [3.05, 3.63) is 81.9 Å². The van der Waals surface area contributed by atoms with E-state index >= 15 is 0 Å². The second kappa shape index (κ2) is 7.23. The molecule has 0 aromatic heterocycles. The molecule has 1 amide bonds. The molecule has 8 nitrogen and oxygen atoms in total. The zero-order valence-electron chi connectivity index (χ0n) is 15.7. The van der Waals surface area contributed by atoms with Crippen LogP contribution in [0.1, 0.15) is 24.3 Å². The van der Waals surface area contributed by atoms with Gasteiger partial charge in [0, 0.05) is 13.0 Å². The van der Waals surface area contributed by atoms with E-state index in [4.69, 9.17) is 9.47 Å². The van der Waals surface area contributed by atoms with Crippen LogP contribution >= 0.6 is 0 Å². The predicted octanol–water partition coefficient (Wildman–Crippen LogP) is 4.00. The Morgan fingerprint density at radius 1 is 1.14 bits per heavy atom. The molecule has 0 bridgehead atoms. The summed E-state index contributed by atoms with van der Waals surface area (Å²) in [6.45, 7) is 1.36. The van der Waals surface area contributed by atoms with Crippen molar-refractivity contribution in [2.75, 3.05) is 7.11 Å². The molecule has 0 fully saturated rings. The van der Waals surface area contributed by atoms with Crippen LogP contribution in [0.3, 0.4) is 0 Å². The number of fused-ring (bicyclic) bond motifs is 1. The minimum absolute atomic E-state index is 0.00693. The van der Waals surface area contributed by atoms with Crippen molar-refractivity contribution in [3.8, 4) is 5.75 Å². The van der Waals surface area contributed by atoms with Gasteiger partial charge < -0.3 is 9.47 Å². The Kier molecular flexibility index (Phi) is 4.59. The third-order valence-electron chi connectivity index (χ3n) is 4.70. The molecule has 0 saturated heterocycles. The molecule has 29 heavy (non-hydrogen) atoms. The Hall–Kier alpha value is -3.94. The number of nitrogens with zero attached hydrogens (tertiary/aromatic N) is 3. The van der Waals surface area contributed by atoms with Crippen LogP contribution in [0.25, 0.3) is 10.8 Å². The van der Waals surface area contributed by atoms with Crippen LogP contribution in [0.2, 0.25) is 0 Å². The predicted molar refractivity (Wildman–Crippen MR) is 106 cm³/mol. The average molecular weight is 391 g/mol. The molecule has 1 aliphatic heterocycles. The lowest BCUT2D eigenvalue weighted by molar-refractivity contribution is -0.385. The smallest absolute Gasteiger partial charge is 0.282 e. The molecule has 1 aliphatic rings. The molecule has 3 aromatic carbocycles. The Morgan fingerprint density at radius 3 is 2.59 bits per heavy atom. The lowest BCUT2D eigenvalue weighted by Gasteiger charge is -2.23. The molecule has 146 valence electrons. The number of rotatable bonds is 4. The van der Waals surface area contributed by atoms with Crippen molar-refractivity contribution in [3.63, 3.8) is 0 Å². The minimum atomic E-state index is -0.914. The van der Waals surface area contributed by atoms with Gasteiger partial charge in [0.15, 0.2) is 0 Å². The molecule has 1 heterocycles. The molecule has 3 aromatic rings. The molecule has 4 rings (SSSR count). The van der Waals surface area contributed by atoms with Crippen LogP contribution in [-0.2, 0) is 9.53 Å². The average Bonchev–Trinajstić information content (AvgIpc) is 3.18. The maximum atomic E-state index is 12.3. The van der Waals surface area contributed by atoms with Gasteiger partial charge in [0.05, 0.1) is 17.6 Å². The van der Waals surface area contributed by atoms with Gasteiger partial charge in [-0.05, 0) is 22.9 Å². The first kappa shape index (κ1) is 18.4. The molecular formula is C21H17N3O5. The third-order valence-corrected chi connectivity index (χ3v) is 4.70. The topological polar surface area (TPSA) is 94.3 Å². The summed E-state index contributed by atoms with van der Waals surface area (Å²) in [5, 5.41) is 18.6. The fourth-order valence-electron chi connectivity index (χ4n) is 3.39. The molecule has 0 aliphatic carbocycles. The molecule has 8 heteroatoms. The number of nitro groups is 1. The van der Waals surface area contributed by atoms with Gasteiger partial charge in [-0.15, -0.1) is 5.10 Å². The number of para-hydroxylation sites is 1. The van der Waals surface area contributed by atoms with Gasteiger partial charge in [0.1, 0.15) is 11.3 Å². The third kappa shape index (κ3) is 3.14. The highest BCUT2D eigenvalue weighted by atomic mass is 16.6. The van der Waals surface area contributed by atoms with Crippen molar-refractivity contribution in [2.45, 2.75) is 13.2 Å². The molecular weight excluding hydrogens is 374 g/mol. The molecule has 0 N–H and O–H groups in total. The van der Waals surface area contributed by atoms with E-state index in [1.54, 1.807) is 18.2 Å². The number of ether oxygens (including phenoxy) is 2. The van der Waals surface area contributed by atoms with Gasteiger partial charge in [-0.1, -0.05) is 42.5 Å². The molecule has 0 radical (unpaired) electrons. The zero-order valence-corrected chi connectivity index (χ0v) is 15.7. The van der Waals surface area contributed by atoms with E-state index in [0.717, 1.165) is 10.8 Å². The van der Waals surface area contributed by atoms with Crippen LogP contribution in [0, 0.1) is 10.1 Å². The highest BCUT2D eigenvalue weighted by Gasteiger charge is 2.38. The van der Waals surface area contributed by atoms with Crippen molar-refractivity contribution in [2.24, 2.45) is 5.10 Å². The van der Waals surface area contributed by atoms with Crippen molar-refractivity contribution >= 4 is 28.3 Å². The first-order valence-corrected chi connectivity index (χ1v) is 8.85. The fraction of sp³-hybridized carbons (Fsp3) is 0.143. The summed E-state index contributed by atoms with van der Waals surface area (Å²) < 4.78 is 11.5. The standard InChI is InChI=1S/C21H17N3O5/c1-13(25)23-21(19-15-8-4-3-7-14(15)11-12-18(19)28-2)29-20(22-23)16-9-5-6-10-17(16)24(26)27/h3-12,21H,1-2H3/t21-/m1/s1. The normalized spacial score (nSPS) is 15.7. The number of hydrogen-bond donors (Lipinski definition) is 0. The fourth-order valence-corrected chi connectivity index (χ4v) is 3.39. The van der Waals surface area contributed by atoms with Crippen molar-refractivity contribution in [1.29, 1.82) is 0 Å². The number of carbonyl (C=O) groups excluding carboxylic acids is 1. The summed E-state index contributed by atoms with van der Waals surface area (Å²) in [5.74, 6) is 0.171. The van der Waals surface area contributed by atoms with Gasteiger partial charge in [-0.3, -0.25) is 14.9 Å². The molecule has 0 saturated carbocycles. The highest BCUT2D eigenvalue weighted by molar-refractivity contribution is 6.00. The second-order valence-electron chi connectivity index (χ2n) is 6.42. The summed E-state index contributed by atoms with van der Waals surface area (Å²) in [4.78, 5) is 23.2. The Morgan fingerprint density at radius 2 is 1.86 bits per heavy atom. The number of benzene rings is 3. The summed E-state index contributed by atoms with van der Waals surface area (Å²) >= 11 is 0. The largest absolute Gasteiger partial charge is 0.496 e. The quantitative estimate of drug-likeness (QED) is 0.495. The van der Waals surface area contributed by atoms with Gasteiger partial charge in [0.25, 0.3) is 5.69 Å². The van der Waals surface area contributed by atoms with E-state index in [1.807, 2.05) is 30.3 Å². The van der Waals surface area contributed by atoms with Crippen LogP contribution in [0.15, 0.2) is 65.8 Å². The first-order chi connectivity index (χ1) is 14.0. The molecule has 1 atom stereocenters. The van der Waals surface area contributed by atoms with Gasteiger partial charge in [-0.2, -0.15) is 5.01 Å². The number of hydrogen-bond acceptors (Lipinski definition) is 6. The molecule has 0 unspecified atom stereocenters. The van der Waals surface area contributed by atoms with E-state index in [2.05, 4.69) is 5.10 Å². The van der Waals surface area contributed by atoms with Crippen molar-refractivity contribution < 1.29 is 19.2 Å². The van der Waals surface area contributed by atoms with E-state index in [-0.39, 0.29) is 23.1 Å². The van der Waals surface area contributed by atoms with Gasteiger partial charge in [0.2, 0.25) is 18.0 Å². The Labute approximate surface area is 166 Å². The second-order valence-corrected chi connectivity index (χ2v) is 6.42. The lowest BCUT2D eigenvalue weighted by atomic mass is 10.0. The van der Waals surface area contributed by atoms with Gasteiger partial charge >= 0.3 is 0 Å². The minimum Gasteiger partial charge on any atom is -0.496 e. The number of hydrazone groups is 1. The maximum absolute atomic E-state index is 12.3. The monoisotopic (exact) mass is 391 g/mol. The van der Waals surface area contributed by atoms with E-state index in [0.29, 0.717) is 11.3 Å². The summed E-state index contributed by atoms with van der Waals surface area (Å²) in [7, 11) is 1.53. The SMILES string of the molecule is COc1ccc2ccccc2c1[C@H]1OC(c2ccccc2[N+](=O)[O-])=NN1C(C)=O. The van der Waals surface area contributed by atoms with Crippen molar-refractivity contribution in [1.82, 2.24) is 5.01 Å². The Balaban J connectivity index is 1.87. The number of amides is 1. The summed E-state index contributed by atoms with van der Waals surface area (Å²) in [6.07, 6.45) is -0.914. The summed E-state index contributed by atoms with van der Waals surface area (Å²) in [6, 6.07) is 17.4. The number of carbonyl (C=O) groups is 1. The lowest BCUT2D eigenvalue weighted by Crippen LogP contribution is -2.25. The maximum Gasteiger partial charge on any atom is 0.282 e. The van der Waals surface area contributed by atoms with E-state index in [9.17, 15) is 14.9 Å². The number of methoxy groups -OCH3 is 1. The van der Waals surface area contributed by atoms with Crippen LogP contribution < -0.4 is 4.74 Å². The van der Waals surface area contributed by atoms with Gasteiger partial charge in [-0.25, -0.2) is 0 Å². The first-order valence-electron chi connectivity index (χ1n) is 8.85. The zero-order chi connectivity index (χ0) is 20.5. The molecule has 0 spiro atoms. The highest BCUT2D eigenvalue weighted by Crippen LogP contribution is 2.40. The Bertz CT molecular complexity index is 1160. The van der Waals surface area contributed by atoms with E-state index in [1.165, 1.54) is 31.2 Å². The summed E-state index contributed by atoms with van der Waals surface area (Å²) in [5.41, 5.74) is 0.670. The number of nitro benzene ring substituents is 1. The van der Waals surface area contributed by atoms with Crippen LogP contribution in [0.4, 0.5) is 5.69 Å². The van der Waals surface area contributed by atoms with Crippen LogP contribution in [0.5, 0.6) is 5.75 Å². The van der Waals surface area contributed by atoms with E-state index < -0.39 is 11.2 Å². The van der Waals surface area contributed by atoms with Crippen LogP contribution in [-0.4, -0.2) is 28.8 Å².